The zero-order valence-electron chi connectivity index (χ0n) is 17.2. The molecule has 13 heteroatoms. The van der Waals surface area contributed by atoms with Crippen molar-refractivity contribution in [3.63, 3.8) is 0 Å². The van der Waals surface area contributed by atoms with Gasteiger partial charge in [-0.1, -0.05) is 12.1 Å². The summed E-state index contributed by atoms with van der Waals surface area (Å²) in [7, 11) is 0. The molecule has 1 heterocycles. The van der Waals surface area contributed by atoms with Gasteiger partial charge in [-0.2, -0.15) is 13.2 Å². The summed E-state index contributed by atoms with van der Waals surface area (Å²) in [6.45, 7) is 1.32. The number of aliphatic carboxylic acids is 2. The van der Waals surface area contributed by atoms with Crippen LogP contribution in [0.15, 0.2) is 45.8 Å². The number of phenolic OH excluding ortho intramolecular Hbond substituents is 2. The zero-order valence-corrected chi connectivity index (χ0v) is 17.2. The van der Waals surface area contributed by atoms with Gasteiger partial charge >= 0.3 is 18.1 Å². The van der Waals surface area contributed by atoms with Gasteiger partial charge in [-0.15, -0.1) is 0 Å². The quantitative estimate of drug-likeness (QED) is 0.341. The molecule has 0 unspecified atom stereocenters. The predicted molar refractivity (Wildman–Crippen MR) is 109 cm³/mol. The molecule has 1 atom stereocenters. The lowest BCUT2D eigenvalue weighted by Gasteiger charge is -2.13. The van der Waals surface area contributed by atoms with E-state index >= 15 is 0 Å². The Balaban J connectivity index is 0.000000509. The van der Waals surface area contributed by atoms with Gasteiger partial charge in [0.05, 0.1) is 11.1 Å². The summed E-state index contributed by atoms with van der Waals surface area (Å²) in [5, 5.41) is 38.8. The smallest absolute Gasteiger partial charge is 0.490 e. The van der Waals surface area contributed by atoms with E-state index in [9.17, 15) is 37.4 Å². The maximum atomic E-state index is 13.1. The predicted octanol–water partition coefficient (Wildman–Crippen LogP) is 3.21. The van der Waals surface area contributed by atoms with Crippen LogP contribution in [0.2, 0.25) is 0 Å². The summed E-state index contributed by atoms with van der Waals surface area (Å²) < 4.78 is 50.3. The lowest BCUT2D eigenvalue weighted by atomic mass is 10.0. The number of hydrogen-bond donors (Lipinski definition) is 5. The molecule has 0 aliphatic heterocycles. The Hall–Kier alpha value is -4.13. The number of carboxylic acid groups (broad SMARTS) is 2. The average molecular weight is 487 g/mol. The molecular formula is C21H17F4NO8. The molecule has 0 saturated heterocycles. The third-order valence-electron chi connectivity index (χ3n) is 4.46. The first-order chi connectivity index (χ1) is 15.7. The fourth-order valence-electron chi connectivity index (χ4n) is 2.67. The average Bonchev–Trinajstić information content (AvgIpc) is 2.73. The summed E-state index contributed by atoms with van der Waals surface area (Å²) >= 11 is 0. The number of rotatable bonds is 5. The molecule has 0 saturated carbocycles. The van der Waals surface area contributed by atoms with E-state index in [1.165, 1.54) is 31.2 Å². The number of carbonyl (C=O) groups is 2. The first-order valence-electron chi connectivity index (χ1n) is 9.25. The molecule has 0 aliphatic rings. The van der Waals surface area contributed by atoms with Crippen molar-refractivity contribution in [2.45, 2.75) is 25.7 Å². The number of benzene rings is 2. The van der Waals surface area contributed by atoms with Crippen molar-refractivity contribution in [3.8, 4) is 22.6 Å². The fourth-order valence-corrected chi connectivity index (χ4v) is 2.67. The van der Waals surface area contributed by atoms with Crippen molar-refractivity contribution >= 4 is 22.9 Å². The molecule has 0 amide bonds. The monoisotopic (exact) mass is 487 g/mol. The largest absolute Gasteiger partial charge is 0.507 e. The minimum Gasteiger partial charge on any atom is -0.507 e. The summed E-state index contributed by atoms with van der Waals surface area (Å²) in [4.78, 5) is 32.7. The third kappa shape index (κ3) is 6.01. The maximum absolute atomic E-state index is 13.1. The number of fused-ring (bicyclic) bond motifs is 1. The van der Waals surface area contributed by atoms with Gasteiger partial charge in [-0.25, -0.2) is 9.18 Å². The first-order valence-corrected chi connectivity index (χ1v) is 9.25. The molecule has 1 aromatic heterocycles. The molecule has 3 rings (SSSR count). The molecule has 9 nitrogen and oxygen atoms in total. The van der Waals surface area contributed by atoms with Gasteiger partial charge < -0.3 is 30.2 Å². The van der Waals surface area contributed by atoms with Crippen LogP contribution in [-0.4, -0.2) is 44.6 Å². The Labute approximate surface area is 187 Å². The highest BCUT2D eigenvalue weighted by atomic mass is 19.4. The molecular weight excluding hydrogens is 470 g/mol. The highest BCUT2D eigenvalue weighted by Crippen LogP contribution is 2.34. The maximum Gasteiger partial charge on any atom is 0.490 e. The molecule has 2 aromatic carbocycles. The van der Waals surface area contributed by atoms with Crippen LogP contribution in [0.5, 0.6) is 11.5 Å². The van der Waals surface area contributed by atoms with Gasteiger partial charge in [0.1, 0.15) is 40.6 Å². The molecule has 0 spiro atoms. The Kier molecular flexibility index (Phi) is 7.84. The molecule has 0 fully saturated rings. The first kappa shape index (κ1) is 26.1. The van der Waals surface area contributed by atoms with Gasteiger partial charge in [0.2, 0.25) is 5.43 Å². The van der Waals surface area contributed by atoms with Crippen molar-refractivity contribution in [1.29, 1.82) is 0 Å². The minimum atomic E-state index is -5.08. The van der Waals surface area contributed by atoms with E-state index in [4.69, 9.17) is 19.4 Å². The molecule has 34 heavy (non-hydrogen) atoms. The second-order valence-corrected chi connectivity index (χ2v) is 6.83. The third-order valence-corrected chi connectivity index (χ3v) is 4.46. The second kappa shape index (κ2) is 10.2. The number of alkyl halides is 3. The molecule has 0 aliphatic carbocycles. The van der Waals surface area contributed by atoms with Crippen molar-refractivity contribution in [2.24, 2.45) is 0 Å². The molecule has 0 radical (unpaired) electrons. The van der Waals surface area contributed by atoms with Gasteiger partial charge in [-0.05, 0) is 24.6 Å². The number of hydrogen-bond acceptors (Lipinski definition) is 7. The van der Waals surface area contributed by atoms with Crippen molar-refractivity contribution in [3.05, 3.63) is 58.2 Å². The number of phenols is 2. The van der Waals surface area contributed by atoms with E-state index < -0.39 is 41.2 Å². The van der Waals surface area contributed by atoms with E-state index in [1.54, 1.807) is 0 Å². The van der Waals surface area contributed by atoms with Crippen LogP contribution >= 0.6 is 0 Å². The molecule has 3 aromatic rings. The SMILES string of the molecule is C[C@@H](NCc1c(O)cc(O)c2c(=O)c(-c3ccc(F)cc3)coc12)C(=O)O.O=C(O)C(F)(F)F. The van der Waals surface area contributed by atoms with E-state index in [1.807, 2.05) is 0 Å². The summed E-state index contributed by atoms with van der Waals surface area (Å²) in [6.07, 6.45) is -3.93. The molecule has 182 valence electrons. The summed E-state index contributed by atoms with van der Waals surface area (Å²) in [6, 6.07) is 5.29. The molecule has 0 bridgehead atoms. The summed E-state index contributed by atoms with van der Waals surface area (Å²) in [5.41, 5.74) is 0.0278. The Morgan fingerprint density at radius 1 is 1.09 bits per heavy atom. The van der Waals surface area contributed by atoms with Crippen LogP contribution in [0.25, 0.3) is 22.1 Å². The van der Waals surface area contributed by atoms with E-state index in [-0.39, 0.29) is 34.4 Å². The van der Waals surface area contributed by atoms with Gasteiger partial charge in [0.25, 0.3) is 0 Å². The minimum absolute atomic E-state index is 0.0616. The Bertz CT molecular complexity index is 1270. The van der Waals surface area contributed by atoms with Gasteiger partial charge in [0.15, 0.2) is 0 Å². The molecule has 5 N–H and O–H groups in total. The van der Waals surface area contributed by atoms with E-state index in [0.717, 1.165) is 12.3 Å². The number of nitrogens with one attached hydrogen (secondary N) is 1. The Morgan fingerprint density at radius 3 is 2.15 bits per heavy atom. The van der Waals surface area contributed by atoms with Crippen LogP contribution in [0, 0.1) is 5.82 Å². The van der Waals surface area contributed by atoms with Gasteiger partial charge in [-0.3, -0.25) is 9.59 Å². The lowest BCUT2D eigenvalue weighted by Crippen LogP contribution is -2.33. The fraction of sp³-hybridized carbons (Fsp3) is 0.190. The van der Waals surface area contributed by atoms with Crippen LogP contribution in [0.1, 0.15) is 12.5 Å². The standard InChI is InChI=1S/C19H16FNO6.C2HF3O2/c1-9(19(25)26)21-7-12-14(22)6-15(23)16-17(24)13(8-27-18(12)16)10-2-4-11(20)5-3-10;3-2(4,5)1(6)7/h2-6,8-9,21-23H,7H2,1H3,(H,25,26);(H,6,7)/t9-;/m1./s1. The second-order valence-electron chi connectivity index (χ2n) is 6.83. The highest BCUT2D eigenvalue weighted by molar-refractivity contribution is 5.90. The van der Waals surface area contributed by atoms with Crippen LogP contribution < -0.4 is 10.7 Å². The number of halogens is 4. The van der Waals surface area contributed by atoms with Crippen molar-refractivity contribution in [2.75, 3.05) is 0 Å². The lowest BCUT2D eigenvalue weighted by molar-refractivity contribution is -0.192. The number of carboxylic acids is 2. The highest BCUT2D eigenvalue weighted by Gasteiger charge is 2.38. The normalized spacial score (nSPS) is 12.0. The van der Waals surface area contributed by atoms with E-state index in [2.05, 4.69) is 5.32 Å². The Morgan fingerprint density at radius 2 is 1.65 bits per heavy atom. The zero-order chi connectivity index (χ0) is 25.8. The number of aromatic hydroxyl groups is 2. The van der Waals surface area contributed by atoms with Crippen LogP contribution in [0.4, 0.5) is 17.6 Å². The van der Waals surface area contributed by atoms with Crippen LogP contribution in [0.3, 0.4) is 0 Å². The van der Waals surface area contributed by atoms with Crippen molar-refractivity contribution < 1.29 is 52.0 Å². The van der Waals surface area contributed by atoms with Crippen molar-refractivity contribution in [1.82, 2.24) is 5.32 Å². The summed E-state index contributed by atoms with van der Waals surface area (Å²) in [5.74, 6) is -5.12. The van der Waals surface area contributed by atoms with Gasteiger partial charge in [0, 0.05) is 12.6 Å². The topological polar surface area (TPSA) is 157 Å². The van der Waals surface area contributed by atoms with E-state index in [0.29, 0.717) is 5.56 Å². The van der Waals surface area contributed by atoms with Crippen LogP contribution in [-0.2, 0) is 16.1 Å².